The van der Waals surface area contributed by atoms with Crippen LogP contribution in [-0.2, 0) is 27.2 Å². The van der Waals surface area contributed by atoms with Crippen LogP contribution >= 0.6 is 19.2 Å². The molecule has 15 heteroatoms. The highest BCUT2D eigenvalue weighted by Crippen LogP contribution is 2.36. The normalized spacial score (nSPS) is 23.0. The lowest BCUT2D eigenvalue weighted by Gasteiger charge is -2.16. The fourth-order valence-electron chi connectivity index (χ4n) is 3.54. The van der Waals surface area contributed by atoms with Gasteiger partial charge in [-0.25, -0.2) is 14.6 Å². The van der Waals surface area contributed by atoms with E-state index in [2.05, 4.69) is 20.4 Å². The Morgan fingerprint density at radius 3 is 2.68 bits per heavy atom. The van der Waals surface area contributed by atoms with Gasteiger partial charge in [0.2, 0.25) is 0 Å². The van der Waals surface area contributed by atoms with E-state index in [0.29, 0.717) is 22.8 Å². The van der Waals surface area contributed by atoms with Gasteiger partial charge in [-0.2, -0.15) is 5.10 Å². The Labute approximate surface area is 198 Å². The molecule has 184 valence electrons. The van der Waals surface area contributed by atoms with Crippen LogP contribution in [0, 0.1) is 0 Å². The molecular weight excluding hydrogens is 493 g/mol. The van der Waals surface area contributed by atoms with E-state index in [0.717, 1.165) is 5.56 Å². The van der Waals surface area contributed by atoms with E-state index in [1.807, 2.05) is 18.2 Å². The van der Waals surface area contributed by atoms with Crippen molar-refractivity contribution < 1.29 is 39.1 Å². The van der Waals surface area contributed by atoms with Crippen LogP contribution in [0.25, 0.3) is 11.0 Å². The average Bonchev–Trinajstić information content (AvgIpc) is 3.33. The number of aliphatic hydroxyl groups excluding tert-OH is 3. The van der Waals surface area contributed by atoms with Gasteiger partial charge in [0.25, 0.3) is 0 Å². The molecule has 3 aromatic rings. The molecule has 0 bridgehead atoms. The van der Waals surface area contributed by atoms with Crippen molar-refractivity contribution in [2.45, 2.75) is 37.7 Å². The zero-order chi connectivity index (χ0) is 24.5. The number of anilines is 1. The van der Waals surface area contributed by atoms with Crippen molar-refractivity contribution in [2.24, 2.45) is 0 Å². The summed E-state index contributed by atoms with van der Waals surface area (Å²) in [4.78, 5) is 26.4. The molecule has 0 amide bonds. The summed E-state index contributed by atoms with van der Waals surface area (Å²) in [5.41, 5.74) is 1.05. The predicted octanol–water partition coefficient (Wildman–Crippen LogP) is 0.355. The summed E-state index contributed by atoms with van der Waals surface area (Å²) >= 11 is 6.21. The number of hydrogen-bond donors (Lipinski definition) is 6. The first-order valence-electron chi connectivity index (χ1n) is 10.1. The Hall–Kier alpha value is -2.19. The van der Waals surface area contributed by atoms with Crippen molar-refractivity contribution in [3.05, 3.63) is 46.9 Å². The first kappa shape index (κ1) is 24.9. The number of benzene rings is 1. The summed E-state index contributed by atoms with van der Waals surface area (Å²) in [6.45, 7) is -0.486. The third-order valence-electron chi connectivity index (χ3n) is 5.17. The number of fused-ring (bicyclic) bond motifs is 1. The number of nitrogens with zero attached hydrogens (tertiary/aromatic N) is 4. The van der Waals surface area contributed by atoms with E-state index in [4.69, 9.17) is 30.9 Å². The third kappa shape index (κ3) is 5.38. The molecule has 4 rings (SSSR count). The topological polar surface area (TPSA) is 192 Å². The molecule has 34 heavy (non-hydrogen) atoms. The molecule has 0 spiro atoms. The van der Waals surface area contributed by atoms with Gasteiger partial charge in [0, 0.05) is 11.6 Å². The SMILES string of the molecule is O=P(O)(O)COC[C@H]1O[C@@H](n2ncc3c(NCc4ccccc4Cl)nc(CO)nc32)[C@H](O)[C@@H]1O. The van der Waals surface area contributed by atoms with E-state index in [-0.39, 0.29) is 18.1 Å². The van der Waals surface area contributed by atoms with Gasteiger partial charge in [0.05, 0.1) is 18.2 Å². The maximum Gasteiger partial charge on any atom is 0.350 e. The van der Waals surface area contributed by atoms with Gasteiger partial charge in [0.15, 0.2) is 17.7 Å². The third-order valence-corrected chi connectivity index (χ3v) is 6.05. The van der Waals surface area contributed by atoms with Crippen LogP contribution in [-0.4, -0.2) is 76.1 Å². The number of nitrogens with one attached hydrogen (secondary N) is 1. The van der Waals surface area contributed by atoms with Gasteiger partial charge >= 0.3 is 7.60 Å². The Morgan fingerprint density at radius 2 is 1.97 bits per heavy atom. The number of rotatable bonds is 9. The Kier molecular flexibility index (Phi) is 7.48. The Balaban J connectivity index is 1.58. The number of aliphatic hydroxyl groups is 3. The number of ether oxygens (including phenoxy) is 2. The molecule has 13 nitrogen and oxygen atoms in total. The number of aromatic nitrogens is 4. The van der Waals surface area contributed by atoms with Crippen LogP contribution in [0.2, 0.25) is 5.02 Å². The molecule has 1 aliphatic heterocycles. The fraction of sp³-hybridized carbons (Fsp3) is 0.421. The largest absolute Gasteiger partial charge is 0.388 e. The first-order chi connectivity index (χ1) is 16.2. The summed E-state index contributed by atoms with van der Waals surface area (Å²) in [6, 6.07) is 7.27. The molecule has 6 N–H and O–H groups in total. The summed E-state index contributed by atoms with van der Waals surface area (Å²) in [6.07, 6.45) is -4.47. The van der Waals surface area contributed by atoms with Crippen molar-refractivity contribution in [3.63, 3.8) is 0 Å². The van der Waals surface area contributed by atoms with Gasteiger partial charge in [0.1, 0.15) is 37.1 Å². The lowest BCUT2D eigenvalue weighted by atomic mass is 10.1. The minimum Gasteiger partial charge on any atom is -0.388 e. The van der Waals surface area contributed by atoms with Crippen LogP contribution in [0.5, 0.6) is 0 Å². The van der Waals surface area contributed by atoms with Crippen LogP contribution in [0.1, 0.15) is 17.6 Å². The molecule has 1 aromatic carbocycles. The quantitative estimate of drug-likeness (QED) is 0.215. The van der Waals surface area contributed by atoms with Gasteiger partial charge in [-0.15, -0.1) is 0 Å². The maximum absolute atomic E-state index is 11.0. The maximum atomic E-state index is 11.0. The van der Waals surface area contributed by atoms with Crippen LogP contribution in [0.4, 0.5) is 5.82 Å². The predicted molar refractivity (Wildman–Crippen MR) is 119 cm³/mol. The lowest BCUT2D eigenvalue weighted by Crippen LogP contribution is -2.34. The minimum absolute atomic E-state index is 0.0884. The van der Waals surface area contributed by atoms with Crippen molar-refractivity contribution in [3.8, 4) is 0 Å². The van der Waals surface area contributed by atoms with Crippen LogP contribution in [0.3, 0.4) is 0 Å². The first-order valence-corrected chi connectivity index (χ1v) is 12.3. The number of hydrogen-bond acceptors (Lipinski definition) is 10. The summed E-state index contributed by atoms with van der Waals surface area (Å²) in [5, 5.41) is 38.9. The van der Waals surface area contributed by atoms with E-state index in [9.17, 15) is 19.9 Å². The molecule has 0 radical (unpaired) electrons. The molecule has 3 heterocycles. The Bertz CT molecular complexity index is 1210. The van der Waals surface area contributed by atoms with E-state index < -0.39 is 45.1 Å². The molecule has 1 aliphatic rings. The van der Waals surface area contributed by atoms with Crippen molar-refractivity contribution in [2.75, 3.05) is 18.3 Å². The smallest absolute Gasteiger partial charge is 0.350 e. The molecule has 2 aromatic heterocycles. The van der Waals surface area contributed by atoms with Crippen molar-refractivity contribution in [1.29, 1.82) is 0 Å². The highest BCUT2D eigenvalue weighted by atomic mass is 35.5. The van der Waals surface area contributed by atoms with Crippen LogP contribution in [0.15, 0.2) is 30.5 Å². The second-order valence-electron chi connectivity index (χ2n) is 7.63. The molecule has 1 fully saturated rings. The summed E-state index contributed by atoms with van der Waals surface area (Å²) in [5.74, 6) is 0.459. The molecule has 4 atom stereocenters. The molecular formula is C19H23ClN5O8P. The number of halogens is 1. The zero-order valence-electron chi connectivity index (χ0n) is 17.6. The average molecular weight is 516 g/mol. The highest BCUT2D eigenvalue weighted by molar-refractivity contribution is 7.51. The lowest BCUT2D eigenvalue weighted by molar-refractivity contribution is -0.0659. The Morgan fingerprint density at radius 1 is 1.21 bits per heavy atom. The monoisotopic (exact) mass is 515 g/mol. The molecule has 0 aliphatic carbocycles. The highest BCUT2D eigenvalue weighted by Gasteiger charge is 2.45. The van der Waals surface area contributed by atoms with Crippen molar-refractivity contribution >= 4 is 36.0 Å². The second kappa shape index (κ2) is 10.2. The molecule has 0 saturated carbocycles. The van der Waals surface area contributed by atoms with E-state index in [1.165, 1.54) is 10.9 Å². The van der Waals surface area contributed by atoms with Gasteiger partial charge < -0.3 is 39.9 Å². The van der Waals surface area contributed by atoms with Gasteiger partial charge in [-0.3, -0.25) is 4.57 Å². The summed E-state index contributed by atoms with van der Waals surface area (Å²) in [7, 11) is -4.40. The standard InChI is InChI=1S/C19H23ClN5O8P/c20-12-4-2-1-3-10(12)5-21-17-11-6-22-25(18(11)24-14(7-26)23-17)19-16(28)15(27)13(33-19)8-32-9-34(29,30)31/h1-4,6,13,15-16,19,26-28H,5,7-9H2,(H,21,23,24)(H2,29,30,31)/t13-,15-,16-,19-/m1/s1. The zero-order valence-corrected chi connectivity index (χ0v) is 19.2. The van der Waals surface area contributed by atoms with Crippen molar-refractivity contribution in [1.82, 2.24) is 19.7 Å². The van der Waals surface area contributed by atoms with Gasteiger partial charge in [-0.05, 0) is 11.6 Å². The summed E-state index contributed by atoms with van der Waals surface area (Å²) < 4.78 is 22.8. The molecule has 1 saturated heterocycles. The van der Waals surface area contributed by atoms with E-state index >= 15 is 0 Å². The second-order valence-corrected chi connectivity index (χ2v) is 9.62. The van der Waals surface area contributed by atoms with Gasteiger partial charge in [-0.1, -0.05) is 29.8 Å². The minimum atomic E-state index is -4.40. The molecule has 0 unspecified atom stereocenters. The fourth-order valence-corrected chi connectivity index (χ4v) is 4.09. The van der Waals surface area contributed by atoms with E-state index in [1.54, 1.807) is 6.07 Å². The van der Waals surface area contributed by atoms with Crippen LogP contribution < -0.4 is 5.32 Å².